The molecule has 5 aromatic rings. The number of anilines is 1. The van der Waals surface area contributed by atoms with Crippen LogP contribution < -0.4 is 16.3 Å². The molecule has 350 valence electrons. The van der Waals surface area contributed by atoms with Crippen LogP contribution in [0.3, 0.4) is 0 Å². The number of fused-ring (bicyclic) bond motifs is 1. The van der Waals surface area contributed by atoms with E-state index in [1.165, 1.54) is 34.6 Å². The van der Waals surface area contributed by atoms with Crippen LogP contribution in [0.15, 0.2) is 58.2 Å². The summed E-state index contributed by atoms with van der Waals surface area (Å²) in [5.41, 5.74) is 3.10. The second-order valence-electron chi connectivity index (χ2n) is 18.3. The molecule has 4 aliphatic rings. The number of benzene rings is 1. The molecule has 1 aromatic carbocycles. The Balaban J connectivity index is 0.734. The Bertz CT molecular complexity index is 2660. The number of hydrogen-bond donors (Lipinski definition) is 2. The summed E-state index contributed by atoms with van der Waals surface area (Å²) in [5.74, 6) is -0.661. The van der Waals surface area contributed by atoms with Crippen LogP contribution in [0.2, 0.25) is 0 Å². The quantitative estimate of drug-likeness (QED) is 0.117. The van der Waals surface area contributed by atoms with Gasteiger partial charge in [-0.15, -0.1) is 0 Å². The average Bonchev–Trinajstić information content (AvgIpc) is 3.73. The molecule has 9 rings (SSSR count). The van der Waals surface area contributed by atoms with Gasteiger partial charge in [-0.05, 0) is 100 Å². The van der Waals surface area contributed by atoms with E-state index in [-0.39, 0.29) is 65.7 Å². The fraction of sp³-hybridized carbons (Fsp3) is 0.532. The topological polar surface area (TPSA) is 192 Å². The van der Waals surface area contributed by atoms with Gasteiger partial charge in [0.1, 0.15) is 12.3 Å². The first-order chi connectivity index (χ1) is 31.9. The SMILES string of the molecule is CN(C[C@@H]1CN(CCCc2ccc3c(c2)n(C)c(=O)n3C2CCC(=O)NC2=O)CCO1)C(=O)C1CCC(n2cc(NC(=O)c3coc(-c4ccnc(CCC5CC5)c4)n3)c(C(F)F)n2)CC1. The highest BCUT2D eigenvalue weighted by molar-refractivity contribution is 6.03. The maximum Gasteiger partial charge on any atom is 0.329 e. The van der Waals surface area contributed by atoms with Crippen molar-refractivity contribution in [1.82, 2.24) is 44.0 Å². The molecular formula is C47H56F2N10O7. The number of halogens is 2. The number of aromatic nitrogens is 6. The Morgan fingerprint density at radius 2 is 1.83 bits per heavy atom. The molecule has 6 heterocycles. The summed E-state index contributed by atoms with van der Waals surface area (Å²) in [6.07, 6.45) is 10.1. The smallest absolute Gasteiger partial charge is 0.329 e. The molecule has 19 heteroatoms. The van der Waals surface area contributed by atoms with E-state index in [1.807, 2.05) is 24.3 Å². The molecule has 4 fully saturated rings. The van der Waals surface area contributed by atoms with Crippen molar-refractivity contribution in [2.45, 2.75) is 102 Å². The van der Waals surface area contributed by atoms with Crippen molar-refractivity contribution in [3.8, 4) is 11.5 Å². The number of carbonyl (C=O) groups excluding carboxylic acids is 4. The van der Waals surface area contributed by atoms with E-state index >= 15 is 0 Å². The van der Waals surface area contributed by atoms with Crippen LogP contribution in [0.25, 0.3) is 22.5 Å². The summed E-state index contributed by atoms with van der Waals surface area (Å²) in [6, 6.07) is 8.56. The molecule has 4 aromatic heterocycles. The van der Waals surface area contributed by atoms with Crippen molar-refractivity contribution in [3.05, 3.63) is 82.1 Å². The molecule has 2 saturated heterocycles. The molecule has 17 nitrogen and oxygen atoms in total. The van der Waals surface area contributed by atoms with E-state index < -0.39 is 30.0 Å². The number of hydrogen-bond acceptors (Lipinski definition) is 11. The fourth-order valence-corrected chi connectivity index (χ4v) is 9.74. The van der Waals surface area contributed by atoms with Gasteiger partial charge in [0.2, 0.25) is 23.6 Å². The number of pyridine rings is 1. The number of nitrogens with zero attached hydrogens (tertiary/aromatic N) is 8. The summed E-state index contributed by atoms with van der Waals surface area (Å²) < 4.78 is 44.7. The second kappa shape index (κ2) is 19.4. The number of rotatable bonds is 16. The van der Waals surface area contributed by atoms with Crippen LogP contribution in [0, 0.1) is 11.8 Å². The predicted molar refractivity (Wildman–Crippen MR) is 238 cm³/mol. The van der Waals surface area contributed by atoms with E-state index in [1.54, 1.807) is 35.8 Å². The minimum atomic E-state index is -2.92. The third kappa shape index (κ3) is 10.0. The lowest BCUT2D eigenvalue weighted by Crippen LogP contribution is -2.49. The summed E-state index contributed by atoms with van der Waals surface area (Å²) in [4.78, 5) is 77.2. The maximum absolute atomic E-state index is 14.2. The van der Waals surface area contributed by atoms with Gasteiger partial charge in [0.25, 0.3) is 12.3 Å². The normalized spacial score (nSPS) is 21.7. The van der Waals surface area contributed by atoms with Gasteiger partial charge >= 0.3 is 5.69 Å². The number of amides is 4. The predicted octanol–water partition coefficient (Wildman–Crippen LogP) is 5.62. The minimum Gasteiger partial charge on any atom is -0.444 e. The number of ether oxygens (including phenoxy) is 1. The highest BCUT2D eigenvalue weighted by Gasteiger charge is 2.34. The monoisotopic (exact) mass is 910 g/mol. The third-order valence-corrected chi connectivity index (χ3v) is 13.6. The standard InChI is InChI=1S/C47H56F2N10O7/c1-55(24-34-25-57(20-21-65-34)19-3-4-29-8-14-37-39(22-29)56(2)47(64)59(37)38-15-16-40(60)53-44(38)62)46(63)30-9-12-33(13-10-30)58-26-35(41(54-58)42(48)49)51-43(61)36-27-66-45(52-36)31-17-18-50-32(23-31)11-7-28-5-6-28/h8,14,17-18,22-23,26-28,30,33-34,38,42H,3-7,9-13,15-16,19-21,24-25H2,1-2H3,(H,51,61)(H,53,60,62)/t30?,33?,34-,38?/m1/s1. The van der Waals surface area contributed by atoms with Crippen LogP contribution >= 0.6 is 0 Å². The summed E-state index contributed by atoms with van der Waals surface area (Å²) in [6.45, 7) is 3.29. The first-order valence-electron chi connectivity index (χ1n) is 23.1. The number of imidazole rings is 1. The van der Waals surface area contributed by atoms with Crippen molar-refractivity contribution < 1.29 is 37.1 Å². The first-order valence-corrected chi connectivity index (χ1v) is 23.1. The molecule has 2 aliphatic carbocycles. The first kappa shape index (κ1) is 45.1. The molecule has 66 heavy (non-hydrogen) atoms. The number of piperidine rings is 1. The van der Waals surface area contributed by atoms with Gasteiger partial charge in [-0.25, -0.2) is 18.6 Å². The summed E-state index contributed by atoms with van der Waals surface area (Å²) in [5, 5.41) is 9.11. The Morgan fingerprint density at radius 1 is 1.02 bits per heavy atom. The van der Waals surface area contributed by atoms with Crippen molar-refractivity contribution in [2.24, 2.45) is 18.9 Å². The zero-order chi connectivity index (χ0) is 46.1. The number of nitrogens with one attached hydrogen (secondary N) is 2. The number of morpholine rings is 1. The van der Waals surface area contributed by atoms with Crippen LogP contribution in [0.4, 0.5) is 14.5 Å². The van der Waals surface area contributed by atoms with Gasteiger partial charge in [0.05, 0.1) is 35.5 Å². The molecule has 2 aliphatic heterocycles. The largest absolute Gasteiger partial charge is 0.444 e. The van der Waals surface area contributed by atoms with Gasteiger partial charge in [-0.3, -0.25) is 48.2 Å². The second-order valence-corrected chi connectivity index (χ2v) is 18.3. The number of oxazole rings is 1. The molecule has 1 unspecified atom stereocenters. The number of alkyl halides is 2. The zero-order valence-corrected chi connectivity index (χ0v) is 37.3. The zero-order valence-electron chi connectivity index (χ0n) is 37.3. The lowest BCUT2D eigenvalue weighted by Gasteiger charge is -2.36. The van der Waals surface area contributed by atoms with Crippen molar-refractivity contribution in [1.29, 1.82) is 0 Å². The molecule has 2 N–H and O–H groups in total. The van der Waals surface area contributed by atoms with Crippen molar-refractivity contribution in [2.75, 3.05) is 45.2 Å². The molecule has 2 saturated carbocycles. The Morgan fingerprint density at radius 3 is 2.61 bits per heavy atom. The van der Waals surface area contributed by atoms with E-state index in [0.717, 1.165) is 61.5 Å². The lowest BCUT2D eigenvalue weighted by atomic mass is 9.85. The average molecular weight is 911 g/mol. The van der Waals surface area contributed by atoms with Crippen molar-refractivity contribution >= 4 is 40.3 Å². The van der Waals surface area contributed by atoms with Gasteiger partial charge in [-0.2, -0.15) is 5.10 Å². The van der Waals surface area contributed by atoms with Crippen LogP contribution in [-0.4, -0.2) is 108 Å². The molecular weight excluding hydrogens is 855 g/mol. The van der Waals surface area contributed by atoms with E-state index in [2.05, 4.69) is 30.6 Å². The van der Waals surface area contributed by atoms with Crippen LogP contribution in [0.5, 0.6) is 0 Å². The van der Waals surface area contributed by atoms with E-state index in [0.29, 0.717) is 56.5 Å². The van der Waals surface area contributed by atoms with Gasteiger partial charge in [0.15, 0.2) is 11.4 Å². The van der Waals surface area contributed by atoms with Gasteiger partial charge in [-0.1, -0.05) is 18.9 Å². The Hall–Kier alpha value is -6.08. The lowest BCUT2D eigenvalue weighted by molar-refractivity contribution is -0.138. The summed E-state index contributed by atoms with van der Waals surface area (Å²) in [7, 11) is 3.49. The fourth-order valence-electron chi connectivity index (χ4n) is 9.74. The summed E-state index contributed by atoms with van der Waals surface area (Å²) >= 11 is 0. The number of aryl methyl sites for hydroxylation is 3. The molecule has 0 spiro atoms. The number of likely N-dealkylation sites (N-methyl/N-ethyl adjacent to an activating group) is 1. The molecule has 4 amide bonds. The number of carbonyl (C=O) groups is 4. The van der Waals surface area contributed by atoms with E-state index in [9.17, 15) is 32.8 Å². The molecule has 0 radical (unpaired) electrons. The maximum atomic E-state index is 14.2. The highest BCUT2D eigenvalue weighted by Crippen LogP contribution is 2.36. The van der Waals surface area contributed by atoms with Gasteiger partial charge in [0, 0.05) is 69.7 Å². The molecule has 2 atom stereocenters. The van der Waals surface area contributed by atoms with Crippen LogP contribution in [-0.2, 0) is 39.0 Å². The van der Waals surface area contributed by atoms with Crippen molar-refractivity contribution in [3.63, 3.8) is 0 Å². The Kier molecular flexibility index (Phi) is 13.3. The third-order valence-electron chi connectivity index (χ3n) is 13.6. The Labute approximate surface area is 379 Å². The van der Waals surface area contributed by atoms with Gasteiger partial charge < -0.3 is 19.4 Å². The molecule has 0 bridgehead atoms. The minimum absolute atomic E-state index is 0.0281. The highest BCUT2D eigenvalue weighted by atomic mass is 19.3. The van der Waals surface area contributed by atoms with E-state index in [4.69, 9.17) is 9.15 Å². The number of imide groups is 1. The van der Waals surface area contributed by atoms with Crippen LogP contribution in [0.1, 0.15) is 110 Å².